The van der Waals surface area contributed by atoms with Crippen LogP contribution in [0.25, 0.3) is 0 Å². The number of carbonyl (C=O) groups excluding carboxylic acids is 1. The van der Waals surface area contributed by atoms with E-state index in [4.69, 9.17) is 4.74 Å². The van der Waals surface area contributed by atoms with Gasteiger partial charge in [-0.05, 0) is 51.3 Å². The Morgan fingerprint density at radius 2 is 1.95 bits per heavy atom. The Bertz CT molecular complexity index is 525. The van der Waals surface area contributed by atoms with Gasteiger partial charge in [-0.2, -0.15) is 0 Å². The molecule has 0 aromatic heterocycles. The molecule has 0 atom stereocenters. The molecule has 0 unspecified atom stereocenters. The van der Waals surface area contributed by atoms with Crippen molar-refractivity contribution in [2.45, 2.75) is 45.8 Å². The monoisotopic (exact) mass is 271 g/mol. The van der Waals surface area contributed by atoms with Crippen molar-refractivity contribution in [3.05, 3.63) is 35.4 Å². The van der Waals surface area contributed by atoms with E-state index >= 15 is 0 Å². The van der Waals surface area contributed by atoms with Crippen molar-refractivity contribution in [1.29, 1.82) is 0 Å². The summed E-state index contributed by atoms with van der Waals surface area (Å²) < 4.78 is 5.18. The van der Waals surface area contributed by atoms with Gasteiger partial charge in [0.2, 0.25) is 0 Å². The first-order valence-electron chi connectivity index (χ1n) is 7.00. The first-order valence-corrected chi connectivity index (χ1v) is 7.00. The maximum absolute atomic E-state index is 11.5. The third-order valence-electron chi connectivity index (χ3n) is 2.79. The molecule has 20 heavy (non-hydrogen) atoms. The molecule has 0 radical (unpaired) electrons. The highest BCUT2D eigenvalue weighted by Crippen LogP contribution is 2.27. The van der Waals surface area contributed by atoms with E-state index in [1.807, 2.05) is 45.0 Å². The van der Waals surface area contributed by atoms with Gasteiger partial charge in [-0.1, -0.05) is 24.0 Å². The second kappa shape index (κ2) is 6.00. The number of amides is 1. The molecule has 3 nitrogen and oxygen atoms in total. The molecule has 0 saturated heterocycles. The number of carbonyl (C=O) groups is 1. The number of rotatable bonds is 2. The van der Waals surface area contributed by atoms with Crippen LogP contribution in [0.3, 0.4) is 0 Å². The number of hydrogen-bond donors (Lipinski definition) is 1. The fourth-order valence-corrected chi connectivity index (χ4v) is 1.61. The minimum Gasteiger partial charge on any atom is -0.444 e. The Kier molecular flexibility index (Phi) is 4.34. The normalized spacial score (nSPS) is 14.2. The van der Waals surface area contributed by atoms with Gasteiger partial charge in [0, 0.05) is 18.0 Å². The fraction of sp³-hybridized carbons (Fsp3) is 0.471. The molecule has 1 N–H and O–H groups in total. The van der Waals surface area contributed by atoms with Crippen LogP contribution in [-0.2, 0) is 11.3 Å². The van der Waals surface area contributed by atoms with Gasteiger partial charge >= 0.3 is 6.09 Å². The van der Waals surface area contributed by atoms with Crippen molar-refractivity contribution in [2.24, 2.45) is 5.92 Å². The third kappa shape index (κ3) is 5.36. The highest BCUT2D eigenvalue weighted by molar-refractivity contribution is 5.67. The van der Waals surface area contributed by atoms with Crippen LogP contribution in [0, 0.1) is 17.8 Å². The Morgan fingerprint density at radius 3 is 2.50 bits per heavy atom. The fourth-order valence-electron chi connectivity index (χ4n) is 1.61. The minimum absolute atomic E-state index is 0.393. The Hall–Kier alpha value is -1.95. The molecule has 1 fully saturated rings. The zero-order valence-electron chi connectivity index (χ0n) is 12.3. The zero-order chi connectivity index (χ0) is 14.6. The Morgan fingerprint density at radius 1 is 1.30 bits per heavy atom. The number of nitrogens with one attached hydrogen (secondary N) is 1. The lowest BCUT2D eigenvalue weighted by molar-refractivity contribution is 0.0523. The molecule has 1 saturated carbocycles. The van der Waals surface area contributed by atoms with Crippen molar-refractivity contribution < 1.29 is 9.53 Å². The summed E-state index contributed by atoms with van der Waals surface area (Å²) in [6.45, 7) is 6.00. The summed E-state index contributed by atoms with van der Waals surface area (Å²) in [6.07, 6.45) is 2.09. The standard InChI is InChI=1S/C17H21NO2/c1-17(2,3)20-16(19)18-12-15-10-8-14(9-11-15)7-6-13-4-5-13/h8-11,13H,4-5,12H2,1-3H3,(H,18,19). The van der Waals surface area contributed by atoms with Crippen LogP contribution in [0.5, 0.6) is 0 Å². The number of ether oxygens (including phenoxy) is 1. The van der Waals surface area contributed by atoms with Gasteiger partial charge in [0.15, 0.2) is 0 Å². The van der Waals surface area contributed by atoms with Crippen LogP contribution in [0.2, 0.25) is 0 Å². The summed E-state index contributed by atoms with van der Waals surface area (Å²) >= 11 is 0. The second-order valence-electron chi connectivity index (χ2n) is 6.10. The average Bonchev–Trinajstić information content (AvgIpc) is 3.17. The first-order chi connectivity index (χ1) is 9.42. The Balaban J connectivity index is 1.82. The summed E-state index contributed by atoms with van der Waals surface area (Å²) in [7, 11) is 0. The van der Waals surface area contributed by atoms with E-state index in [2.05, 4.69) is 17.2 Å². The molecule has 2 rings (SSSR count). The van der Waals surface area contributed by atoms with E-state index in [1.165, 1.54) is 12.8 Å². The van der Waals surface area contributed by atoms with Gasteiger partial charge in [0.1, 0.15) is 5.60 Å². The van der Waals surface area contributed by atoms with Crippen LogP contribution in [0.1, 0.15) is 44.7 Å². The number of benzene rings is 1. The van der Waals surface area contributed by atoms with E-state index in [1.54, 1.807) is 0 Å². The number of hydrogen-bond acceptors (Lipinski definition) is 2. The van der Waals surface area contributed by atoms with E-state index in [9.17, 15) is 4.79 Å². The second-order valence-corrected chi connectivity index (χ2v) is 6.10. The molecular formula is C17H21NO2. The Labute approximate surface area is 120 Å². The lowest BCUT2D eigenvalue weighted by Gasteiger charge is -2.19. The van der Waals surface area contributed by atoms with Gasteiger partial charge in [0.05, 0.1) is 0 Å². The predicted octanol–water partition coefficient (Wildman–Crippen LogP) is 3.47. The van der Waals surface area contributed by atoms with Gasteiger partial charge < -0.3 is 10.1 Å². The van der Waals surface area contributed by atoms with Crippen LogP contribution in [0.15, 0.2) is 24.3 Å². The van der Waals surface area contributed by atoms with Crippen molar-refractivity contribution in [3.63, 3.8) is 0 Å². The highest BCUT2D eigenvalue weighted by atomic mass is 16.6. The molecular weight excluding hydrogens is 250 g/mol. The van der Waals surface area contributed by atoms with Crippen molar-refractivity contribution >= 4 is 6.09 Å². The maximum atomic E-state index is 11.5. The van der Waals surface area contributed by atoms with Gasteiger partial charge in [0.25, 0.3) is 0 Å². The maximum Gasteiger partial charge on any atom is 0.407 e. The lowest BCUT2D eigenvalue weighted by atomic mass is 10.1. The molecule has 0 aliphatic heterocycles. The molecule has 0 heterocycles. The zero-order valence-corrected chi connectivity index (χ0v) is 12.3. The smallest absolute Gasteiger partial charge is 0.407 e. The first kappa shape index (κ1) is 14.5. The van der Waals surface area contributed by atoms with Crippen LogP contribution in [0.4, 0.5) is 4.79 Å². The minimum atomic E-state index is -0.466. The van der Waals surface area contributed by atoms with Crippen LogP contribution in [-0.4, -0.2) is 11.7 Å². The van der Waals surface area contributed by atoms with Crippen molar-refractivity contribution in [2.75, 3.05) is 0 Å². The van der Waals surface area contributed by atoms with Crippen molar-refractivity contribution in [1.82, 2.24) is 5.32 Å². The van der Waals surface area contributed by atoms with Gasteiger partial charge in [-0.25, -0.2) is 4.79 Å². The van der Waals surface area contributed by atoms with E-state index < -0.39 is 11.7 Å². The molecule has 1 aromatic rings. The summed E-state index contributed by atoms with van der Waals surface area (Å²) in [5, 5.41) is 2.74. The molecule has 1 aromatic carbocycles. The summed E-state index contributed by atoms with van der Waals surface area (Å²) in [5.41, 5.74) is 1.59. The summed E-state index contributed by atoms with van der Waals surface area (Å²) in [6, 6.07) is 7.94. The number of alkyl carbamates (subject to hydrolysis) is 1. The largest absolute Gasteiger partial charge is 0.444 e. The topological polar surface area (TPSA) is 38.3 Å². The quantitative estimate of drug-likeness (QED) is 0.836. The lowest BCUT2D eigenvalue weighted by Crippen LogP contribution is -2.32. The molecule has 3 heteroatoms. The predicted molar refractivity (Wildman–Crippen MR) is 79.1 cm³/mol. The van der Waals surface area contributed by atoms with Gasteiger partial charge in [-0.3, -0.25) is 0 Å². The molecule has 106 valence electrons. The molecule has 0 bridgehead atoms. The van der Waals surface area contributed by atoms with E-state index in [0.717, 1.165) is 11.1 Å². The molecule has 0 spiro atoms. The summed E-state index contributed by atoms with van der Waals surface area (Å²) in [5.74, 6) is 7.01. The highest BCUT2D eigenvalue weighted by Gasteiger charge is 2.17. The molecule has 1 aliphatic rings. The van der Waals surface area contributed by atoms with E-state index in [0.29, 0.717) is 12.5 Å². The van der Waals surface area contributed by atoms with Gasteiger partial charge in [-0.15, -0.1) is 0 Å². The molecule has 1 amide bonds. The van der Waals surface area contributed by atoms with Crippen LogP contribution < -0.4 is 5.32 Å². The average molecular weight is 271 g/mol. The van der Waals surface area contributed by atoms with E-state index in [-0.39, 0.29) is 0 Å². The van der Waals surface area contributed by atoms with Crippen LogP contribution >= 0.6 is 0 Å². The summed E-state index contributed by atoms with van der Waals surface area (Å²) in [4.78, 5) is 11.5. The third-order valence-corrected chi connectivity index (χ3v) is 2.79. The van der Waals surface area contributed by atoms with Crippen molar-refractivity contribution in [3.8, 4) is 11.8 Å². The SMILES string of the molecule is CC(C)(C)OC(=O)NCc1ccc(C#CC2CC2)cc1. The molecule has 1 aliphatic carbocycles.